The van der Waals surface area contributed by atoms with Gasteiger partial charge < -0.3 is 9.64 Å². The van der Waals surface area contributed by atoms with E-state index in [1.807, 2.05) is 23.7 Å². The lowest BCUT2D eigenvalue weighted by Gasteiger charge is -2.30. The van der Waals surface area contributed by atoms with Crippen molar-refractivity contribution in [2.45, 2.75) is 65.2 Å². The zero-order chi connectivity index (χ0) is 21.8. The highest BCUT2D eigenvalue weighted by molar-refractivity contribution is 8.14. The van der Waals surface area contributed by atoms with Crippen LogP contribution in [0.15, 0.2) is 17.1 Å². The van der Waals surface area contributed by atoms with E-state index in [9.17, 15) is 4.79 Å². The SMILES string of the molecule is CN=C(SCC1CCN(C=O)CC1)c1cc(C(C)(C)C)c(OC)c(C(C)(C)C)c1. The van der Waals surface area contributed by atoms with Crippen LogP contribution in [-0.2, 0) is 15.6 Å². The lowest BCUT2D eigenvalue weighted by atomic mass is 9.78. The van der Waals surface area contributed by atoms with Crippen LogP contribution in [0.3, 0.4) is 0 Å². The minimum Gasteiger partial charge on any atom is -0.496 e. The van der Waals surface area contributed by atoms with Gasteiger partial charge in [-0.1, -0.05) is 41.5 Å². The number of nitrogens with zero attached hydrogens (tertiary/aromatic N) is 2. The Morgan fingerprint density at radius 1 is 1.14 bits per heavy atom. The van der Waals surface area contributed by atoms with Crippen LogP contribution in [0.4, 0.5) is 0 Å². The first-order valence-corrected chi connectivity index (χ1v) is 11.5. The molecule has 0 aromatic heterocycles. The summed E-state index contributed by atoms with van der Waals surface area (Å²) in [5.74, 6) is 2.67. The van der Waals surface area contributed by atoms with E-state index in [0.717, 1.165) is 48.9 Å². The van der Waals surface area contributed by atoms with E-state index in [4.69, 9.17) is 4.74 Å². The van der Waals surface area contributed by atoms with E-state index in [0.29, 0.717) is 5.92 Å². The average molecular weight is 419 g/mol. The van der Waals surface area contributed by atoms with Crippen molar-refractivity contribution in [3.8, 4) is 5.75 Å². The summed E-state index contributed by atoms with van der Waals surface area (Å²) in [6, 6.07) is 4.52. The third-order valence-corrected chi connectivity index (χ3v) is 6.94. The largest absolute Gasteiger partial charge is 0.496 e. The molecule has 0 unspecified atom stereocenters. The van der Waals surface area contributed by atoms with Crippen LogP contribution in [-0.4, -0.2) is 49.4 Å². The first kappa shape index (κ1) is 23.8. The third-order valence-electron chi connectivity index (χ3n) is 5.61. The summed E-state index contributed by atoms with van der Waals surface area (Å²) in [5, 5.41) is 1.08. The van der Waals surface area contributed by atoms with Crippen LogP contribution in [0.2, 0.25) is 0 Å². The molecule has 5 heteroatoms. The Labute approximate surface area is 181 Å². The van der Waals surface area contributed by atoms with E-state index in [1.165, 1.54) is 16.7 Å². The number of amides is 1. The number of rotatable bonds is 5. The molecule has 1 fully saturated rings. The quantitative estimate of drug-likeness (QED) is 0.372. The summed E-state index contributed by atoms with van der Waals surface area (Å²) in [7, 11) is 3.66. The molecule has 2 rings (SSSR count). The second-order valence-corrected chi connectivity index (χ2v) is 11.0. The Kier molecular flexibility index (Phi) is 7.83. The van der Waals surface area contributed by atoms with Gasteiger partial charge in [-0.3, -0.25) is 9.79 Å². The number of carbonyl (C=O) groups excluding carboxylic acids is 1. The Morgan fingerprint density at radius 3 is 2.03 bits per heavy atom. The van der Waals surface area contributed by atoms with Crippen LogP contribution in [0.25, 0.3) is 0 Å². The molecular formula is C24H38N2O2S. The van der Waals surface area contributed by atoms with Crippen LogP contribution in [0, 0.1) is 5.92 Å². The second kappa shape index (κ2) is 9.55. The van der Waals surface area contributed by atoms with E-state index in [2.05, 4.69) is 58.7 Å². The van der Waals surface area contributed by atoms with Gasteiger partial charge in [0.05, 0.1) is 12.2 Å². The Balaban J connectivity index is 2.32. The maximum atomic E-state index is 10.9. The minimum absolute atomic E-state index is 0.0213. The molecule has 162 valence electrons. The number of hydrogen-bond acceptors (Lipinski definition) is 4. The summed E-state index contributed by atoms with van der Waals surface area (Å²) in [5.41, 5.74) is 3.59. The molecule has 0 bridgehead atoms. The summed E-state index contributed by atoms with van der Waals surface area (Å²) in [6.07, 6.45) is 3.12. The van der Waals surface area contributed by atoms with Gasteiger partial charge in [0.2, 0.25) is 6.41 Å². The van der Waals surface area contributed by atoms with Crippen molar-refractivity contribution in [2.24, 2.45) is 10.9 Å². The molecule has 0 radical (unpaired) electrons. The molecule has 1 heterocycles. The number of hydrogen-bond donors (Lipinski definition) is 0. The molecule has 4 nitrogen and oxygen atoms in total. The zero-order valence-corrected chi connectivity index (χ0v) is 20.3. The Bertz CT molecular complexity index is 701. The summed E-state index contributed by atoms with van der Waals surface area (Å²) in [6.45, 7) is 15.1. The van der Waals surface area contributed by atoms with Gasteiger partial charge in [0.25, 0.3) is 0 Å². The number of methoxy groups -OCH3 is 1. The van der Waals surface area contributed by atoms with E-state index in [-0.39, 0.29) is 10.8 Å². The number of benzene rings is 1. The van der Waals surface area contributed by atoms with Crippen molar-refractivity contribution in [2.75, 3.05) is 33.0 Å². The van der Waals surface area contributed by atoms with Gasteiger partial charge in [-0.25, -0.2) is 0 Å². The summed E-state index contributed by atoms with van der Waals surface area (Å²) in [4.78, 5) is 17.5. The maximum Gasteiger partial charge on any atom is 0.209 e. The van der Waals surface area contributed by atoms with Gasteiger partial charge in [0.15, 0.2) is 0 Å². The van der Waals surface area contributed by atoms with Gasteiger partial charge in [0, 0.05) is 42.6 Å². The number of piperidine rings is 1. The fraction of sp³-hybridized carbons (Fsp3) is 0.667. The van der Waals surface area contributed by atoms with Crippen molar-refractivity contribution in [3.63, 3.8) is 0 Å². The molecule has 0 N–H and O–H groups in total. The molecule has 1 amide bonds. The first-order valence-electron chi connectivity index (χ1n) is 10.5. The third kappa shape index (κ3) is 6.00. The standard InChI is InChI=1S/C24H38N2O2S/c1-23(2,3)19-13-18(14-20(21(19)28-8)24(4,5)6)22(25-7)29-15-17-9-11-26(16-27)12-10-17/h13-14,16-17H,9-12,15H2,1-8H3. The van der Waals surface area contributed by atoms with Crippen LogP contribution in [0.1, 0.15) is 71.1 Å². The number of thioether (sulfide) groups is 1. The molecule has 0 aliphatic carbocycles. The zero-order valence-electron chi connectivity index (χ0n) is 19.5. The van der Waals surface area contributed by atoms with Crippen LogP contribution >= 0.6 is 11.8 Å². The fourth-order valence-electron chi connectivity index (χ4n) is 3.79. The van der Waals surface area contributed by atoms with Gasteiger partial charge in [-0.05, 0) is 41.7 Å². The second-order valence-electron chi connectivity index (χ2n) is 10.0. The highest BCUT2D eigenvalue weighted by atomic mass is 32.2. The van der Waals surface area contributed by atoms with Gasteiger partial charge >= 0.3 is 0 Å². The molecule has 0 atom stereocenters. The van der Waals surface area contributed by atoms with Crippen LogP contribution < -0.4 is 4.74 Å². The molecule has 0 spiro atoms. The highest BCUT2D eigenvalue weighted by Gasteiger charge is 2.28. The minimum atomic E-state index is -0.0213. The molecule has 0 saturated carbocycles. The van der Waals surface area contributed by atoms with Crippen molar-refractivity contribution < 1.29 is 9.53 Å². The topological polar surface area (TPSA) is 41.9 Å². The molecule has 1 aromatic carbocycles. The fourth-order valence-corrected chi connectivity index (χ4v) is 4.93. The molecule has 1 saturated heterocycles. The number of ether oxygens (including phenoxy) is 1. The predicted octanol–water partition coefficient (Wildman–Crippen LogP) is 5.27. The smallest absolute Gasteiger partial charge is 0.209 e. The van der Waals surface area contributed by atoms with Gasteiger partial charge in [-0.15, -0.1) is 11.8 Å². The van der Waals surface area contributed by atoms with E-state index in [1.54, 1.807) is 7.11 Å². The Hall–Kier alpha value is -1.49. The molecule has 29 heavy (non-hydrogen) atoms. The van der Waals surface area contributed by atoms with Gasteiger partial charge in [-0.2, -0.15) is 0 Å². The first-order chi connectivity index (χ1) is 13.5. The average Bonchev–Trinajstić information content (AvgIpc) is 2.66. The summed E-state index contributed by atoms with van der Waals surface area (Å²) >= 11 is 1.84. The normalized spacial score (nSPS) is 16.8. The monoisotopic (exact) mass is 418 g/mol. The number of likely N-dealkylation sites (tertiary alicyclic amines) is 1. The molecule has 1 aliphatic rings. The lowest BCUT2D eigenvalue weighted by Crippen LogP contribution is -2.33. The number of carbonyl (C=O) groups is 1. The molecular weight excluding hydrogens is 380 g/mol. The highest BCUT2D eigenvalue weighted by Crippen LogP contribution is 2.41. The lowest BCUT2D eigenvalue weighted by molar-refractivity contribution is -0.119. The van der Waals surface area contributed by atoms with Crippen molar-refractivity contribution >= 4 is 23.2 Å². The van der Waals surface area contributed by atoms with E-state index < -0.39 is 0 Å². The summed E-state index contributed by atoms with van der Waals surface area (Å²) < 4.78 is 5.89. The predicted molar refractivity (Wildman–Crippen MR) is 126 cm³/mol. The molecule has 1 aromatic rings. The molecule has 1 aliphatic heterocycles. The Morgan fingerprint density at radius 2 is 1.66 bits per heavy atom. The maximum absolute atomic E-state index is 10.9. The van der Waals surface area contributed by atoms with E-state index >= 15 is 0 Å². The van der Waals surface area contributed by atoms with Gasteiger partial charge in [0.1, 0.15) is 5.75 Å². The van der Waals surface area contributed by atoms with Crippen molar-refractivity contribution in [1.29, 1.82) is 0 Å². The van der Waals surface area contributed by atoms with Crippen molar-refractivity contribution in [3.05, 3.63) is 28.8 Å². The van der Waals surface area contributed by atoms with Crippen LogP contribution in [0.5, 0.6) is 5.75 Å². The number of aliphatic imine (C=N–C) groups is 1. The van der Waals surface area contributed by atoms with Crippen molar-refractivity contribution in [1.82, 2.24) is 4.90 Å².